The highest BCUT2D eigenvalue weighted by molar-refractivity contribution is 6.35. The number of rotatable bonds is 4. The average Bonchev–Trinajstić information content (AvgIpc) is 2.55. The van der Waals surface area contributed by atoms with E-state index in [1.165, 1.54) is 30.5 Å². The molecule has 0 aliphatic heterocycles. The van der Waals surface area contributed by atoms with E-state index in [1.807, 2.05) is 0 Å². The summed E-state index contributed by atoms with van der Waals surface area (Å²) in [5, 5.41) is 6.08. The highest BCUT2D eigenvalue weighted by Crippen LogP contribution is 1.99. The van der Waals surface area contributed by atoms with Crippen LogP contribution < -0.4 is 10.7 Å². The molecule has 2 aromatic rings. The van der Waals surface area contributed by atoms with Crippen molar-refractivity contribution in [1.82, 2.24) is 15.7 Å². The van der Waals surface area contributed by atoms with E-state index >= 15 is 0 Å². The minimum absolute atomic E-state index is 0.219. The summed E-state index contributed by atoms with van der Waals surface area (Å²) in [5.74, 6) is -2.04. The van der Waals surface area contributed by atoms with E-state index in [1.54, 1.807) is 24.5 Å². The van der Waals surface area contributed by atoms with Gasteiger partial charge in [-0.05, 0) is 35.4 Å². The van der Waals surface area contributed by atoms with Crippen LogP contribution >= 0.6 is 0 Å². The van der Waals surface area contributed by atoms with E-state index in [0.29, 0.717) is 5.56 Å². The molecular weight excluding hydrogens is 287 g/mol. The first-order valence-corrected chi connectivity index (χ1v) is 6.41. The maximum atomic E-state index is 12.7. The largest absolute Gasteiger partial charge is 0.344 e. The van der Waals surface area contributed by atoms with Crippen molar-refractivity contribution in [1.29, 1.82) is 0 Å². The van der Waals surface area contributed by atoms with Gasteiger partial charge in [0.25, 0.3) is 0 Å². The quantitative estimate of drug-likeness (QED) is 0.502. The van der Waals surface area contributed by atoms with Gasteiger partial charge >= 0.3 is 11.8 Å². The molecule has 2 rings (SSSR count). The standard InChI is InChI=1S/C15H13FN4O2/c16-13-3-1-11(2-4-13)10-19-20-15(22)14(21)18-9-12-5-7-17-8-6-12/h1-8,10H,9H2,(H,18,21)(H,20,22)/b19-10-. The van der Waals surface area contributed by atoms with Crippen molar-refractivity contribution in [2.75, 3.05) is 0 Å². The molecule has 0 spiro atoms. The number of nitrogens with one attached hydrogen (secondary N) is 2. The molecule has 0 atom stereocenters. The molecule has 2 amide bonds. The number of carbonyl (C=O) groups excluding carboxylic acids is 2. The van der Waals surface area contributed by atoms with Gasteiger partial charge in [-0.1, -0.05) is 12.1 Å². The second kappa shape index (κ2) is 7.63. The van der Waals surface area contributed by atoms with Crippen molar-refractivity contribution >= 4 is 18.0 Å². The third-order valence-electron chi connectivity index (χ3n) is 2.66. The summed E-state index contributed by atoms with van der Waals surface area (Å²) in [6.45, 7) is 0.219. The van der Waals surface area contributed by atoms with Gasteiger partial charge in [-0.2, -0.15) is 5.10 Å². The molecule has 1 heterocycles. The normalized spacial score (nSPS) is 10.4. The summed E-state index contributed by atoms with van der Waals surface area (Å²) >= 11 is 0. The Morgan fingerprint density at radius 3 is 2.45 bits per heavy atom. The zero-order chi connectivity index (χ0) is 15.8. The molecule has 1 aromatic carbocycles. The summed E-state index contributed by atoms with van der Waals surface area (Å²) in [7, 11) is 0. The van der Waals surface area contributed by atoms with Gasteiger partial charge in [-0.25, -0.2) is 9.82 Å². The highest BCUT2D eigenvalue weighted by Gasteiger charge is 2.11. The van der Waals surface area contributed by atoms with Crippen molar-refractivity contribution < 1.29 is 14.0 Å². The molecule has 0 radical (unpaired) electrons. The molecule has 0 unspecified atom stereocenters. The Morgan fingerprint density at radius 2 is 1.77 bits per heavy atom. The fraction of sp³-hybridized carbons (Fsp3) is 0.0667. The number of hydrogen-bond acceptors (Lipinski definition) is 4. The summed E-state index contributed by atoms with van der Waals surface area (Å²) in [6.07, 6.45) is 4.50. The highest BCUT2D eigenvalue weighted by atomic mass is 19.1. The van der Waals surface area contributed by atoms with Gasteiger partial charge in [0.2, 0.25) is 0 Å². The lowest BCUT2D eigenvalue weighted by Gasteiger charge is -2.03. The van der Waals surface area contributed by atoms with E-state index in [0.717, 1.165) is 5.56 Å². The lowest BCUT2D eigenvalue weighted by Crippen LogP contribution is -2.37. The van der Waals surface area contributed by atoms with Gasteiger partial charge in [0, 0.05) is 18.9 Å². The lowest BCUT2D eigenvalue weighted by atomic mass is 10.2. The molecule has 2 N–H and O–H groups in total. The minimum Gasteiger partial charge on any atom is -0.344 e. The Morgan fingerprint density at radius 1 is 1.09 bits per heavy atom. The number of halogens is 1. The number of benzene rings is 1. The first-order chi connectivity index (χ1) is 10.6. The van der Waals surface area contributed by atoms with Gasteiger partial charge < -0.3 is 5.32 Å². The first kappa shape index (κ1) is 15.3. The summed E-state index contributed by atoms with van der Waals surface area (Å²) < 4.78 is 12.7. The molecule has 22 heavy (non-hydrogen) atoms. The van der Waals surface area contributed by atoms with Crippen molar-refractivity contribution in [3.63, 3.8) is 0 Å². The van der Waals surface area contributed by atoms with Crippen LogP contribution in [0.3, 0.4) is 0 Å². The Bertz CT molecular complexity index is 672. The second-order valence-corrected chi connectivity index (χ2v) is 4.29. The van der Waals surface area contributed by atoms with Gasteiger partial charge in [0.05, 0.1) is 6.21 Å². The molecule has 6 nitrogen and oxygen atoms in total. The predicted octanol–water partition coefficient (Wildman–Crippen LogP) is 0.987. The van der Waals surface area contributed by atoms with E-state index < -0.39 is 11.8 Å². The average molecular weight is 300 g/mol. The fourth-order valence-corrected chi connectivity index (χ4v) is 1.53. The van der Waals surface area contributed by atoms with Gasteiger partial charge in [0.1, 0.15) is 5.82 Å². The SMILES string of the molecule is O=C(NCc1ccncc1)C(=O)N/N=C\c1ccc(F)cc1. The van der Waals surface area contributed by atoms with Crippen molar-refractivity contribution in [3.05, 3.63) is 65.7 Å². The van der Waals surface area contributed by atoms with Crippen molar-refractivity contribution in [2.24, 2.45) is 5.10 Å². The van der Waals surface area contributed by atoms with Crippen LogP contribution in [-0.2, 0) is 16.1 Å². The molecule has 7 heteroatoms. The maximum Gasteiger partial charge on any atom is 0.329 e. The lowest BCUT2D eigenvalue weighted by molar-refractivity contribution is -0.139. The molecule has 1 aromatic heterocycles. The number of aromatic nitrogens is 1. The number of nitrogens with zero attached hydrogens (tertiary/aromatic N) is 2. The van der Waals surface area contributed by atoms with Gasteiger partial charge in [0.15, 0.2) is 0 Å². The minimum atomic E-state index is -0.882. The third kappa shape index (κ3) is 4.78. The van der Waals surface area contributed by atoms with E-state index in [-0.39, 0.29) is 12.4 Å². The Labute approximate surface area is 126 Å². The molecule has 0 fully saturated rings. The molecule has 0 saturated carbocycles. The van der Waals surface area contributed by atoms with Crippen LogP contribution in [0.2, 0.25) is 0 Å². The van der Waals surface area contributed by atoms with Crippen LogP contribution in [0.5, 0.6) is 0 Å². The van der Waals surface area contributed by atoms with Gasteiger partial charge in [-0.15, -0.1) is 0 Å². The van der Waals surface area contributed by atoms with E-state index in [2.05, 4.69) is 20.8 Å². The van der Waals surface area contributed by atoms with Crippen molar-refractivity contribution in [2.45, 2.75) is 6.54 Å². The van der Waals surface area contributed by atoms with Crippen LogP contribution in [0.15, 0.2) is 53.9 Å². The van der Waals surface area contributed by atoms with Crippen LogP contribution in [0.4, 0.5) is 4.39 Å². The molecular formula is C15H13FN4O2. The fourth-order valence-electron chi connectivity index (χ4n) is 1.53. The zero-order valence-corrected chi connectivity index (χ0v) is 11.5. The number of hydrazone groups is 1. The van der Waals surface area contributed by atoms with Crippen LogP contribution in [0.25, 0.3) is 0 Å². The Balaban J connectivity index is 1.79. The Hall–Kier alpha value is -3.09. The second-order valence-electron chi connectivity index (χ2n) is 4.29. The third-order valence-corrected chi connectivity index (χ3v) is 2.66. The maximum absolute atomic E-state index is 12.7. The number of hydrogen-bond donors (Lipinski definition) is 2. The molecule has 0 saturated heterocycles. The molecule has 0 aliphatic carbocycles. The van der Waals surface area contributed by atoms with Crippen LogP contribution in [-0.4, -0.2) is 23.0 Å². The number of amides is 2. The molecule has 0 bridgehead atoms. The summed E-state index contributed by atoms with van der Waals surface area (Å²) in [4.78, 5) is 26.9. The molecule has 112 valence electrons. The number of carbonyl (C=O) groups is 2. The Kier molecular flexibility index (Phi) is 5.31. The molecule has 0 aliphatic rings. The predicted molar refractivity (Wildman–Crippen MR) is 78.2 cm³/mol. The van der Waals surface area contributed by atoms with Crippen LogP contribution in [0, 0.1) is 5.82 Å². The van der Waals surface area contributed by atoms with Crippen LogP contribution in [0.1, 0.15) is 11.1 Å². The first-order valence-electron chi connectivity index (χ1n) is 6.41. The smallest absolute Gasteiger partial charge is 0.329 e. The number of pyridine rings is 1. The van der Waals surface area contributed by atoms with Gasteiger partial charge in [-0.3, -0.25) is 14.6 Å². The summed E-state index contributed by atoms with van der Waals surface area (Å²) in [5.41, 5.74) is 3.52. The zero-order valence-electron chi connectivity index (χ0n) is 11.5. The summed E-state index contributed by atoms with van der Waals surface area (Å²) in [6, 6.07) is 8.98. The van der Waals surface area contributed by atoms with Crippen molar-refractivity contribution in [3.8, 4) is 0 Å². The van der Waals surface area contributed by atoms with E-state index in [4.69, 9.17) is 0 Å². The monoisotopic (exact) mass is 300 g/mol. The topological polar surface area (TPSA) is 83.5 Å². The van der Waals surface area contributed by atoms with E-state index in [9.17, 15) is 14.0 Å².